The maximum absolute atomic E-state index is 13.9. The van der Waals surface area contributed by atoms with Crippen LogP contribution in [0.1, 0.15) is 75.0 Å². The highest BCUT2D eigenvalue weighted by atomic mass is 35.5. The third-order valence-electron chi connectivity index (χ3n) is 6.88. The van der Waals surface area contributed by atoms with Gasteiger partial charge in [0.15, 0.2) is 0 Å². The second kappa shape index (κ2) is 10.1. The van der Waals surface area contributed by atoms with E-state index in [1.165, 1.54) is 0 Å². The number of benzene rings is 2. The summed E-state index contributed by atoms with van der Waals surface area (Å²) in [4.78, 5) is 34.5. The van der Waals surface area contributed by atoms with E-state index >= 15 is 0 Å². The maximum atomic E-state index is 13.9. The maximum Gasteiger partial charge on any atom is 0.274 e. The van der Waals surface area contributed by atoms with Crippen LogP contribution in [0.5, 0.6) is 0 Å². The van der Waals surface area contributed by atoms with Crippen molar-refractivity contribution in [2.24, 2.45) is 0 Å². The minimum absolute atomic E-state index is 0.0304. The van der Waals surface area contributed by atoms with Crippen molar-refractivity contribution in [3.05, 3.63) is 74.9 Å². The van der Waals surface area contributed by atoms with E-state index in [4.69, 9.17) is 16.6 Å². The van der Waals surface area contributed by atoms with Gasteiger partial charge in [0.1, 0.15) is 5.69 Å². The number of aromatic nitrogens is 1. The molecule has 1 saturated heterocycles. The molecule has 2 heterocycles. The number of thiazole rings is 1. The fourth-order valence-electron chi connectivity index (χ4n) is 4.71. The average Bonchev–Trinajstić information content (AvgIpc) is 3.62. The van der Waals surface area contributed by atoms with Gasteiger partial charge in [-0.25, -0.2) is 4.98 Å². The van der Waals surface area contributed by atoms with E-state index in [9.17, 15) is 9.59 Å². The number of hydrogen-bond acceptors (Lipinski definition) is 4. The molecule has 0 spiro atoms. The number of carbonyl (C=O) groups is 2. The number of likely N-dealkylation sites (tertiary alicyclic amines) is 1. The molecule has 1 N–H and O–H groups in total. The van der Waals surface area contributed by atoms with Gasteiger partial charge in [0, 0.05) is 25.0 Å². The number of hydrogen-bond donors (Lipinski definition) is 1. The van der Waals surface area contributed by atoms with Gasteiger partial charge in [-0.15, -0.1) is 11.3 Å². The molecule has 1 aliphatic carbocycles. The van der Waals surface area contributed by atoms with Gasteiger partial charge in [-0.2, -0.15) is 0 Å². The molecule has 5 rings (SSSR count). The number of aryl methyl sites for hydroxylation is 2. The van der Waals surface area contributed by atoms with Crippen molar-refractivity contribution in [3.8, 4) is 10.4 Å². The highest BCUT2D eigenvalue weighted by Crippen LogP contribution is 2.45. The van der Waals surface area contributed by atoms with Crippen LogP contribution in [-0.2, 0) is 0 Å². The third-order valence-corrected chi connectivity index (χ3v) is 8.64. The standard InChI is InChI=1S/C28H30ClN3O2S/c1-17-7-5-9-20(15-17)25-24(31-27(35-25)19-12-13-19)28(34)32-14-4-3-10-21(32)16-30-26(33)22-11-6-8-18(2)23(22)29/h5-9,11,15,19,21H,3-4,10,12-14,16H2,1-2H3,(H,30,33). The summed E-state index contributed by atoms with van der Waals surface area (Å²) >= 11 is 8.02. The Hall–Kier alpha value is -2.70. The van der Waals surface area contributed by atoms with E-state index in [2.05, 4.69) is 30.4 Å². The molecule has 0 bridgehead atoms. The van der Waals surface area contributed by atoms with Crippen LogP contribution in [0.3, 0.4) is 0 Å². The molecule has 35 heavy (non-hydrogen) atoms. The Balaban J connectivity index is 1.38. The molecule has 0 radical (unpaired) electrons. The molecular weight excluding hydrogens is 478 g/mol. The second-order valence-electron chi connectivity index (χ2n) is 9.67. The molecule has 1 atom stereocenters. The highest BCUT2D eigenvalue weighted by Gasteiger charge is 2.34. The summed E-state index contributed by atoms with van der Waals surface area (Å²) in [5.41, 5.74) is 4.11. The molecule has 5 nitrogen and oxygen atoms in total. The van der Waals surface area contributed by atoms with Gasteiger partial charge in [0.25, 0.3) is 11.8 Å². The van der Waals surface area contributed by atoms with Gasteiger partial charge in [-0.3, -0.25) is 9.59 Å². The Labute approximate surface area is 215 Å². The normalized spacial score (nSPS) is 17.9. The fraction of sp³-hybridized carbons (Fsp3) is 0.393. The molecule has 2 amide bonds. The zero-order valence-electron chi connectivity index (χ0n) is 20.1. The first-order valence-corrected chi connectivity index (χ1v) is 13.5. The molecule has 1 unspecified atom stereocenters. The van der Waals surface area contributed by atoms with E-state index < -0.39 is 0 Å². The number of carbonyl (C=O) groups excluding carboxylic acids is 2. The molecule has 2 aliphatic rings. The van der Waals surface area contributed by atoms with Gasteiger partial charge in [0.05, 0.1) is 20.5 Å². The van der Waals surface area contributed by atoms with Crippen LogP contribution in [0.2, 0.25) is 5.02 Å². The number of halogens is 1. The molecule has 3 aromatic rings. The first-order chi connectivity index (χ1) is 16.9. The van der Waals surface area contributed by atoms with E-state index in [0.29, 0.717) is 35.3 Å². The zero-order valence-corrected chi connectivity index (χ0v) is 21.7. The van der Waals surface area contributed by atoms with E-state index in [-0.39, 0.29) is 17.9 Å². The summed E-state index contributed by atoms with van der Waals surface area (Å²) in [6, 6.07) is 13.7. The first kappa shape index (κ1) is 24.0. The zero-order chi connectivity index (χ0) is 24.5. The van der Waals surface area contributed by atoms with Crippen molar-refractivity contribution in [1.29, 1.82) is 0 Å². The van der Waals surface area contributed by atoms with Gasteiger partial charge < -0.3 is 10.2 Å². The summed E-state index contributed by atoms with van der Waals surface area (Å²) in [5, 5.41) is 4.57. The largest absolute Gasteiger partial charge is 0.350 e. The van der Waals surface area contributed by atoms with Crippen molar-refractivity contribution >= 4 is 34.8 Å². The second-order valence-corrected chi connectivity index (χ2v) is 11.1. The minimum Gasteiger partial charge on any atom is -0.350 e. The van der Waals surface area contributed by atoms with Gasteiger partial charge in [-0.05, 0) is 63.1 Å². The Morgan fingerprint density at radius 2 is 1.91 bits per heavy atom. The quantitative estimate of drug-likeness (QED) is 0.421. The van der Waals surface area contributed by atoms with E-state index in [0.717, 1.165) is 58.7 Å². The Kier molecular flexibility index (Phi) is 6.94. The predicted octanol–water partition coefficient (Wildman–Crippen LogP) is 6.38. The molecule has 2 aromatic carbocycles. The minimum atomic E-state index is -0.207. The van der Waals surface area contributed by atoms with Crippen molar-refractivity contribution in [1.82, 2.24) is 15.2 Å². The molecule has 7 heteroatoms. The SMILES string of the molecule is Cc1cccc(-c2sc(C3CC3)nc2C(=O)N2CCCCC2CNC(=O)c2cccc(C)c2Cl)c1. The Morgan fingerprint density at radius 3 is 2.69 bits per heavy atom. The van der Waals surface area contributed by atoms with Crippen LogP contribution < -0.4 is 5.32 Å². The van der Waals surface area contributed by atoms with Crippen LogP contribution in [0, 0.1) is 13.8 Å². The Bertz CT molecular complexity index is 1270. The molecular formula is C28H30ClN3O2S. The smallest absolute Gasteiger partial charge is 0.274 e. The first-order valence-electron chi connectivity index (χ1n) is 12.3. The summed E-state index contributed by atoms with van der Waals surface area (Å²) in [6.45, 7) is 5.02. The molecule has 1 aromatic heterocycles. The molecule has 2 fully saturated rings. The summed E-state index contributed by atoms with van der Waals surface area (Å²) < 4.78 is 0. The number of nitrogens with zero attached hydrogens (tertiary/aromatic N) is 2. The summed E-state index contributed by atoms with van der Waals surface area (Å²) in [7, 11) is 0. The third kappa shape index (κ3) is 5.14. The Morgan fingerprint density at radius 1 is 1.11 bits per heavy atom. The lowest BCUT2D eigenvalue weighted by molar-refractivity contribution is 0.0598. The van der Waals surface area contributed by atoms with Crippen molar-refractivity contribution in [2.75, 3.05) is 13.1 Å². The van der Waals surface area contributed by atoms with Crippen LogP contribution >= 0.6 is 22.9 Å². The number of amides is 2. The lowest BCUT2D eigenvalue weighted by atomic mass is 10.0. The van der Waals surface area contributed by atoms with Crippen molar-refractivity contribution in [3.63, 3.8) is 0 Å². The summed E-state index contributed by atoms with van der Waals surface area (Å²) in [6.07, 6.45) is 5.14. The van der Waals surface area contributed by atoms with Crippen molar-refractivity contribution < 1.29 is 9.59 Å². The average molecular weight is 508 g/mol. The lowest BCUT2D eigenvalue weighted by Gasteiger charge is -2.35. The fourth-order valence-corrected chi connectivity index (χ4v) is 6.15. The van der Waals surface area contributed by atoms with Crippen molar-refractivity contribution in [2.45, 2.75) is 57.9 Å². The molecule has 1 aliphatic heterocycles. The van der Waals surface area contributed by atoms with Crippen LogP contribution in [0.4, 0.5) is 0 Å². The van der Waals surface area contributed by atoms with Gasteiger partial charge in [0.2, 0.25) is 0 Å². The van der Waals surface area contributed by atoms with Gasteiger partial charge >= 0.3 is 0 Å². The lowest BCUT2D eigenvalue weighted by Crippen LogP contribution is -2.49. The number of piperidine rings is 1. The van der Waals surface area contributed by atoms with E-state index in [1.54, 1.807) is 17.4 Å². The number of rotatable bonds is 6. The molecule has 1 saturated carbocycles. The molecule has 182 valence electrons. The van der Waals surface area contributed by atoms with Crippen LogP contribution in [-0.4, -0.2) is 40.8 Å². The highest BCUT2D eigenvalue weighted by molar-refractivity contribution is 7.15. The van der Waals surface area contributed by atoms with Gasteiger partial charge in [-0.1, -0.05) is 53.6 Å². The van der Waals surface area contributed by atoms with Crippen LogP contribution in [0.25, 0.3) is 10.4 Å². The summed E-state index contributed by atoms with van der Waals surface area (Å²) in [5.74, 6) is 0.250. The van der Waals surface area contributed by atoms with Crippen LogP contribution in [0.15, 0.2) is 42.5 Å². The predicted molar refractivity (Wildman–Crippen MR) is 141 cm³/mol. The van der Waals surface area contributed by atoms with E-state index in [1.807, 2.05) is 30.0 Å². The number of nitrogens with one attached hydrogen (secondary N) is 1. The monoisotopic (exact) mass is 507 g/mol. The topological polar surface area (TPSA) is 62.3 Å².